The Morgan fingerprint density at radius 2 is 1.88 bits per heavy atom. The predicted octanol–water partition coefficient (Wildman–Crippen LogP) is 1.60. The van der Waals surface area contributed by atoms with Gasteiger partial charge in [0.05, 0.1) is 0 Å². The molecule has 1 rings (SSSR count). The Balaban J connectivity index is 2.90. The lowest BCUT2D eigenvalue weighted by atomic mass is 10.1. The zero-order valence-electron chi connectivity index (χ0n) is 10.6. The van der Waals surface area contributed by atoms with E-state index in [0.29, 0.717) is 0 Å². The highest BCUT2D eigenvalue weighted by Gasteiger charge is 2.58. The van der Waals surface area contributed by atoms with Crippen molar-refractivity contribution in [2.75, 3.05) is 27.9 Å². The van der Waals surface area contributed by atoms with E-state index in [1.54, 1.807) is 21.3 Å². The number of aliphatic hydroxyl groups is 1. The van der Waals surface area contributed by atoms with Crippen LogP contribution in [-0.2, 0) is 13.6 Å². The molecule has 4 nitrogen and oxygen atoms in total. The maximum atomic E-state index is 9.00. The van der Waals surface area contributed by atoms with E-state index in [9.17, 15) is 0 Å². The molecule has 0 aromatic rings. The molecule has 1 atom stereocenters. The molecule has 0 aromatic carbocycles. The first kappa shape index (κ1) is 14.1. The van der Waals surface area contributed by atoms with Crippen molar-refractivity contribution in [2.45, 2.75) is 43.4 Å². The average Bonchev–Trinajstić information content (AvgIpc) is 2.36. The third kappa shape index (κ3) is 2.33. The molecule has 1 aliphatic rings. The van der Waals surface area contributed by atoms with E-state index in [-0.39, 0.29) is 11.8 Å². The van der Waals surface area contributed by atoms with Gasteiger partial charge in [0.15, 0.2) is 0 Å². The van der Waals surface area contributed by atoms with E-state index in [2.05, 4.69) is 0 Å². The number of aliphatic hydroxyl groups excluding tert-OH is 1. The maximum Gasteiger partial charge on any atom is 0.370 e. The first-order valence-corrected chi connectivity index (χ1v) is 7.99. The fourth-order valence-electron chi connectivity index (χ4n) is 2.89. The molecule has 1 N–H and O–H groups in total. The zero-order chi connectivity index (χ0) is 12.1. The van der Waals surface area contributed by atoms with Gasteiger partial charge in [0.25, 0.3) is 0 Å². The lowest BCUT2D eigenvalue weighted by Gasteiger charge is -2.47. The van der Waals surface area contributed by atoms with Crippen molar-refractivity contribution >= 4 is 8.56 Å². The van der Waals surface area contributed by atoms with Gasteiger partial charge in [-0.25, -0.2) is 0 Å². The van der Waals surface area contributed by atoms with Crippen LogP contribution in [-0.4, -0.2) is 46.8 Å². The molecule has 16 heavy (non-hydrogen) atoms. The van der Waals surface area contributed by atoms with Crippen LogP contribution in [0.5, 0.6) is 0 Å². The van der Waals surface area contributed by atoms with Gasteiger partial charge in [0.1, 0.15) is 5.22 Å². The highest BCUT2D eigenvalue weighted by atomic mass is 28.4. The predicted molar refractivity (Wildman–Crippen MR) is 64.5 cm³/mol. The number of hydrogen-bond donors (Lipinski definition) is 1. The van der Waals surface area contributed by atoms with Crippen LogP contribution in [0.3, 0.4) is 0 Å². The summed E-state index contributed by atoms with van der Waals surface area (Å²) < 4.78 is 17.3. The minimum atomic E-state index is -2.28. The van der Waals surface area contributed by atoms with Crippen LogP contribution >= 0.6 is 0 Å². The topological polar surface area (TPSA) is 47.9 Å². The van der Waals surface area contributed by atoms with Gasteiger partial charge < -0.3 is 18.7 Å². The molecule has 0 saturated carbocycles. The van der Waals surface area contributed by atoms with Crippen LogP contribution in [0.1, 0.15) is 32.1 Å². The smallest absolute Gasteiger partial charge is 0.370 e. The number of rotatable bonds is 6. The fourth-order valence-corrected chi connectivity index (χ4v) is 6.80. The van der Waals surface area contributed by atoms with E-state index < -0.39 is 8.56 Å². The van der Waals surface area contributed by atoms with E-state index >= 15 is 0 Å². The van der Waals surface area contributed by atoms with E-state index in [1.165, 1.54) is 0 Å². The highest BCUT2D eigenvalue weighted by molar-refractivity contribution is 6.70. The van der Waals surface area contributed by atoms with Gasteiger partial charge in [-0.15, -0.1) is 0 Å². The van der Waals surface area contributed by atoms with Gasteiger partial charge in [-0.05, 0) is 25.3 Å². The molecule has 1 saturated heterocycles. The SMILES string of the molecule is COC1(CCCO)CCCC[Si]1(OC)OC. The van der Waals surface area contributed by atoms with E-state index in [4.69, 9.17) is 18.7 Å². The molecule has 0 bridgehead atoms. The minimum absolute atomic E-state index is 0.197. The molecule has 1 unspecified atom stereocenters. The maximum absolute atomic E-state index is 9.00. The molecule has 0 radical (unpaired) electrons. The molecule has 0 amide bonds. The summed E-state index contributed by atoms with van der Waals surface area (Å²) in [5, 5.41) is 8.72. The molecule has 1 heterocycles. The van der Waals surface area contributed by atoms with Crippen molar-refractivity contribution in [3.63, 3.8) is 0 Å². The Labute approximate surface area is 99.1 Å². The standard InChI is InChI=1S/C11H24O4Si/c1-13-11(8-6-9-12)7-4-5-10-16(11,14-2)15-3/h12H,4-10H2,1-3H3. The van der Waals surface area contributed by atoms with Crippen molar-refractivity contribution in [1.82, 2.24) is 0 Å². The molecule has 1 fully saturated rings. The van der Waals surface area contributed by atoms with Gasteiger partial charge in [-0.1, -0.05) is 12.8 Å². The second-order valence-electron chi connectivity index (χ2n) is 4.39. The fraction of sp³-hybridized carbons (Fsp3) is 1.00. The molecule has 96 valence electrons. The molecular formula is C11H24O4Si. The summed E-state index contributed by atoms with van der Waals surface area (Å²) in [6.45, 7) is 0.197. The molecule has 0 aliphatic carbocycles. The first-order valence-electron chi connectivity index (χ1n) is 5.96. The second kappa shape index (κ2) is 6.12. The molecular weight excluding hydrogens is 224 g/mol. The zero-order valence-corrected chi connectivity index (χ0v) is 11.6. The number of methoxy groups -OCH3 is 1. The lowest BCUT2D eigenvalue weighted by molar-refractivity contribution is -0.0180. The Hall–Kier alpha value is 0.0569. The van der Waals surface area contributed by atoms with E-state index in [1.807, 2.05) is 0 Å². The Morgan fingerprint density at radius 1 is 1.19 bits per heavy atom. The summed E-state index contributed by atoms with van der Waals surface area (Å²) in [7, 11) is 2.92. The van der Waals surface area contributed by atoms with Gasteiger partial charge in [-0.2, -0.15) is 0 Å². The van der Waals surface area contributed by atoms with Crippen LogP contribution in [0.15, 0.2) is 0 Å². The van der Waals surface area contributed by atoms with Gasteiger partial charge in [0.2, 0.25) is 0 Å². The van der Waals surface area contributed by atoms with Gasteiger partial charge in [-0.3, -0.25) is 0 Å². The number of ether oxygens (including phenoxy) is 1. The Kier molecular flexibility index (Phi) is 5.40. The van der Waals surface area contributed by atoms with Crippen LogP contribution in [0.25, 0.3) is 0 Å². The van der Waals surface area contributed by atoms with Crippen molar-refractivity contribution < 1.29 is 18.7 Å². The highest BCUT2D eigenvalue weighted by Crippen LogP contribution is 2.42. The normalized spacial score (nSPS) is 29.2. The quantitative estimate of drug-likeness (QED) is 0.725. The third-order valence-corrected chi connectivity index (χ3v) is 8.24. The Bertz CT molecular complexity index is 208. The Morgan fingerprint density at radius 3 is 2.38 bits per heavy atom. The second-order valence-corrected chi connectivity index (χ2v) is 8.13. The van der Waals surface area contributed by atoms with Crippen LogP contribution in [0, 0.1) is 0 Å². The van der Waals surface area contributed by atoms with Crippen molar-refractivity contribution in [2.24, 2.45) is 0 Å². The van der Waals surface area contributed by atoms with Gasteiger partial charge >= 0.3 is 8.56 Å². The monoisotopic (exact) mass is 248 g/mol. The molecule has 5 heteroatoms. The summed E-state index contributed by atoms with van der Waals surface area (Å²) in [4.78, 5) is 0. The lowest BCUT2D eigenvalue weighted by Crippen LogP contribution is -2.64. The first-order chi connectivity index (χ1) is 7.70. The summed E-state index contributed by atoms with van der Waals surface area (Å²) in [5.74, 6) is 0. The summed E-state index contributed by atoms with van der Waals surface area (Å²) in [5.41, 5.74) is 0. The third-order valence-electron chi connectivity index (χ3n) is 3.82. The largest absolute Gasteiger partial charge is 0.396 e. The minimum Gasteiger partial charge on any atom is -0.396 e. The summed E-state index contributed by atoms with van der Waals surface area (Å²) in [6, 6.07) is 0.985. The van der Waals surface area contributed by atoms with Crippen molar-refractivity contribution in [3.05, 3.63) is 0 Å². The average molecular weight is 248 g/mol. The van der Waals surface area contributed by atoms with Crippen molar-refractivity contribution in [1.29, 1.82) is 0 Å². The molecule has 0 aromatic heterocycles. The van der Waals surface area contributed by atoms with Gasteiger partial charge in [0, 0.05) is 27.9 Å². The summed E-state index contributed by atoms with van der Waals surface area (Å²) >= 11 is 0. The number of hydrogen-bond acceptors (Lipinski definition) is 4. The summed E-state index contributed by atoms with van der Waals surface area (Å²) in [6.07, 6.45) is 4.86. The molecule has 0 spiro atoms. The van der Waals surface area contributed by atoms with Crippen LogP contribution < -0.4 is 0 Å². The molecule has 1 aliphatic heterocycles. The van der Waals surface area contributed by atoms with Crippen LogP contribution in [0.4, 0.5) is 0 Å². The van der Waals surface area contributed by atoms with E-state index in [0.717, 1.165) is 38.1 Å². The van der Waals surface area contributed by atoms with Crippen molar-refractivity contribution in [3.8, 4) is 0 Å². The van der Waals surface area contributed by atoms with Crippen LogP contribution in [0.2, 0.25) is 6.04 Å².